The summed E-state index contributed by atoms with van der Waals surface area (Å²) in [6.07, 6.45) is 0.973. The van der Waals surface area contributed by atoms with Crippen molar-refractivity contribution in [3.63, 3.8) is 0 Å². The van der Waals surface area contributed by atoms with Crippen LogP contribution in [0, 0.1) is 6.92 Å². The fourth-order valence-electron chi connectivity index (χ4n) is 3.51. The smallest absolute Gasteiger partial charge is 0.270 e. The number of nitrogens with zero attached hydrogens (tertiary/aromatic N) is 3. The highest BCUT2D eigenvalue weighted by Crippen LogP contribution is 2.38. The molecule has 1 aliphatic carbocycles. The number of halogens is 2. The minimum Gasteiger partial charge on any atom is -0.369 e. The fraction of sp³-hybridized carbons (Fsp3) is 0.278. The first-order valence-corrected chi connectivity index (χ1v) is 11.0. The molecule has 154 valence electrons. The molecule has 1 aromatic heterocycles. The standard InChI is InChI=1S/C18H19Cl2N5O3S/c1-9-4-12(8-29(26,27)28)23-15-5-10(13-7-11(19)2-3-14(13)20)6-16(17(9)15)24-25-18(21)22/h2-4,7,10H,5-6,8H2,1H3,(H4,21,22,25)(H,26,27,28). The van der Waals surface area contributed by atoms with Crippen LogP contribution in [0.4, 0.5) is 0 Å². The van der Waals surface area contributed by atoms with Crippen LogP contribution in [0.2, 0.25) is 10.0 Å². The van der Waals surface area contributed by atoms with E-state index in [9.17, 15) is 13.0 Å². The zero-order valence-corrected chi connectivity index (χ0v) is 17.8. The molecule has 11 heteroatoms. The molecule has 29 heavy (non-hydrogen) atoms. The second-order valence-electron chi connectivity index (χ2n) is 6.82. The number of aromatic nitrogens is 1. The molecule has 0 amide bonds. The summed E-state index contributed by atoms with van der Waals surface area (Å²) in [6, 6.07) is 6.80. The van der Waals surface area contributed by atoms with E-state index >= 15 is 0 Å². The Labute approximate surface area is 178 Å². The summed E-state index contributed by atoms with van der Waals surface area (Å²) in [6.45, 7) is 1.81. The van der Waals surface area contributed by atoms with Crippen LogP contribution in [0.25, 0.3) is 0 Å². The van der Waals surface area contributed by atoms with Crippen molar-refractivity contribution in [2.45, 2.75) is 31.4 Å². The van der Waals surface area contributed by atoms with E-state index in [0.29, 0.717) is 34.3 Å². The molecule has 1 atom stereocenters. The van der Waals surface area contributed by atoms with Crippen molar-refractivity contribution < 1.29 is 13.0 Å². The van der Waals surface area contributed by atoms with Crippen LogP contribution in [-0.2, 0) is 22.3 Å². The van der Waals surface area contributed by atoms with Gasteiger partial charge in [0.15, 0.2) is 0 Å². The third-order valence-electron chi connectivity index (χ3n) is 4.53. The average Bonchev–Trinajstić information content (AvgIpc) is 2.59. The lowest BCUT2D eigenvalue weighted by atomic mass is 9.79. The number of pyridine rings is 1. The maximum Gasteiger partial charge on any atom is 0.270 e. The van der Waals surface area contributed by atoms with E-state index in [1.165, 1.54) is 0 Å². The van der Waals surface area contributed by atoms with Gasteiger partial charge in [-0.1, -0.05) is 23.2 Å². The molecule has 0 radical (unpaired) electrons. The molecule has 3 rings (SSSR count). The molecule has 0 aliphatic heterocycles. The van der Waals surface area contributed by atoms with E-state index in [4.69, 9.17) is 34.7 Å². The quantitative estimate of drug-likeness (QED) is 0.279. The average molecular weight is 456 g/mol. The largest absolute Gasteiger partial charge is 0.369 e. The number of fused-ring (bicyclic) bond motifs is 1. The van der Waals surface area contributed by atoms with Gasteiger partial charge in [0.05, 0.1) is 17.1 Å². The Morgan fingerprint density at radius 2 is 2.00 bits per heavy atom. The van der Waals surface area contributed by atoms with E-state index < -0.39 is 15.9 Å². The number of nitrogens with two attached hydrogens (primary N) is 2. The molecule has 1 aromatic carbocycles. The Morgan fingerprint density at radius 1 is 1.28 bits per heavy atom. The molecule has 0 saturated heterocycles. The van der Waals surface area contributed by atoms with E-state index in [-0.39, 0.29) is 17.6 Å². The molecule has 1 aliphatic rings. The highest BCUT2D eigenvalue weighted by Gasteiger charge is 2.30. The maximum absolute atomic E-state index is 11.3. The zero-order valence-electron chi connectivity index (χ0n) is 15.4. The van der Waals surface area contributed by atoms with E-state index in [0.717, 1.165) is 16.7 Å². The van der Waals surface area contributed by atoms with Gasteiger partial charge in [0, 0.05) is 15.6 Å². The van der Waals surface area contributed by atoms with Crippen LogP contribution in [0.15, 0.2) is 34.5 Å². The Hall–Kier alpha value is -2.20. The number of hydrogen-bond acceptors (Lipinski definition) is 5. The zero-order chi connectivity index (χ0) is 21.3. The van der Waals surface area contributed by atoms with E-state index in [2.05, 4.69) is 15.2 Å². The van der Waals surface area contributed by atoms with Crippen molar-refractivity contribution in [3.8, 4) is 0 Å². The summed E-state index contributed by atoms with van der Waals surface area (Å²) in [4.78, 5) is 4.46. The van der Waals surface area contributed by atoms with Crippen LogP contribution < -0.4 is 11.5 Å². The molecule has 8 nitrogen and oxygen atoms in total. The van der Waals surface area contributed by atoms with Crippen LogP contribution in [0.3, 0.4) is 0 Å². The molecule has 0 saturated carbocycles. The molecule has 0 bridgehead atoms. The third kappa shape index (κ3) is 5.24. The molecule has 1 heterocycles. The Bertz CT molecular complexity index is 1130. The Morgan fingerprint density at radius 3 is 2.66 bits per heavy atom. The summed E-state index contributed by atoms with van der Waals surface area (Å²) in [7, 11) is -4.22. The summed E-state index contributed by atoms with van der Waals surface area (Å²) >= 11 is 12.5. The van der Waals surface area contributed by atoms with Gasteiger partial charge in [0.2, 0.25) is 5.96 Å². The van der Waals surface area contributed by atoms with Crippen molar-refractivity contribution in [1.29, 1.82) is 0 Å². The second-order valence-corrected chi connectivity index (χ2v) is 9.12. The predicted octanol–water partition coefficient (Wildman–Crippen LogP) is 2.79. The van der Waals surface area contributed by atoms with Gasteiger partial charge in [-0.05, 0) is 61.1 Å². The number of hydrogen-bond donors (Lipinski definition) is 3. The van der Waals surface area contributed by atoms with Gasteiger partial charge < -0.3 is 11.5 Å². The van der Waals surface area contributed by atoms with Crippen molar-refractivity contribution in [1.82, 2.24) is 4.98 Å². The lowest BCUT2D eigenvalue weighted by Gasteiger charge is -2.27. The van der Waals surface area contributed by atoms with Crippen molar-refractivity contribution >= 4 is 45.0 Å². The number of aryl methyl sites for hydroxylation is 1. The van der Waals surface area contributed by atoms with Gasteiger partial charge >= 0.3 is 0 Å². The topological polar surface area (TPSA) is 144 Å². The monoisotopic (exact) mass is 455 g/mol. The predicted molar refractivity (Wildman–Crippen MR) is 114 cm³/mol. The highest BCUT2D eigenvalue weighted by atomic mass is 35.5. The van der Waals surface area contributed by atoms with Crippen molar-refractivity contribution in [2.24, 2.45) is 21.7 Å². The first-order valence-electron chi connectivity index (χ1n) is 8.59. The third-order valence-corrected chi connectivity index (χ3v) is 5.77. The van der Waals surface area contributed by atoms with Crippen LogP contribution in [-0.4, -0.2) is 29.6 Å². The maximum atomic E-state index is 11.3. The summed E-state index contributed by atoms with van der Waals surface area (Å²) in [5.74, 6) is -0.880. The highest BCUT2D eigenvalue weighted by molar-refractivity contribution is 7.85. The molecular formula is C18H19Cl2N5O3S. The first kappa shape index (κ1) is 21.5. The minimum absolute atomic E-state index is 0.116. The lowest BCUT2D eigenvalue weighted by Crippen LogP contribution is -2.25. The van der Waals surface area contributed by atoms with Crippen LogP contribution >= 0.6 is 23.2 Å². The van der Waals surface area contributed by atoms with Gasteiger partial charge in [-0.15, -0.1) is 5.10 Å². The SMILES string of the molecule is Cc1cc(CS(=O)(=O)O)nc2c1C(=NN=C(N)N)CC(c1cc(Cl)ccc1Cl)C2. The summed E-state index contributed by atoms with van der Waals surface area (Å²) < 4.78 is 31.8. The van der Waals surface area contributed by atoms with Gasteiger partial charge in [-0.25, -0.2) is 0 Å². The molecular weight excluding hydrogens is 437 g/mol. The molecule has 0 fully saturated rings. The van der Waals surface area contributed by atoms with Gasteiger partial charge in [0.25, 0.3) is 10.1 Å². The minimum atomic E-state index is -4.22. The summed E-state index contributed by atoms with van der Waals surface area (Å²) in [5.41, 5.74) is 14.6. The second kappa shape index (κ2) is 8.27. The lowest BCUT2D eigenvalue weighted by molar-refractivity contribution is 0.481. The van der Waals surface area contributed by atoms with Gasteiger partial charge in [-0.2, -0.15) is 13.5 Å². The number of guanidine groups is 1. The van der Waals surface area contributed by atoms with Gasteiger partial charge in [0.1, 0.15) is 5.75 Å². The van der Waals surface area contributed by atoms with Crippen molar-refractivity contribution in [3.05, 3.63) is 62.4 Å². The molecule has 5 N–H and O–H groups in total. The summed E-state index contributed by atoms with van der Waals surface area (Å²) in [5, 5.41) is 9.06. The first-order chi connectivity index (χ1) is 13.5. The Balaban J connectivity index is 2.15. The molecule has 2 aromatic rings. The van der Waals surface area contributed by atoms with Crippen LogP contribution in [0.5, 0.6) is 0 Å². The molecule has 1 unspecified atom stereocenters. The van der Waals surface area contributed by atoms with E-state index in [1.807, 2.05) is 6.92 Å². The van der Waals surface area contributed by atoms with Crippen molar-refractivity contribution in [2.75, 3.05) is 0 Å². The fourth-order valence-corrected chi connectivity index (χ4v) is 4.49. The van der Waals surface area contributed by atoms with Crippen LogP contribution in [0.1, 0.15) is 40.4 Å². The van der Waals surface area contributed by atoms with E-state index in [1.54, 1.807) is 24.3 Å². The molecule has 0 spiro atoms. The van der Waals surface area contributed by atoms with Gasteiger partial charge in [-0.3, -0.25) is 9.54 Å². The number of benzene rings is 1. The number of rotatable bonds is 4. The normalized spacial score (nSPS) is 17.8. The Kier molecular flexibility index (Phi) is 6.13.